The van der Waals surface area contributed by atoms with Crippen molar-refractivity contribution in [3.63, 3.8) is 0 Å². The molecule has 0 bridgehead atoms. The van der Waals surface area contributed by atoms with Crippen molar-refractivity contribution in [2.24, 2.45) is 0 Å². The summed E-state index contributed by atoms with van der Waals surface area (Å²) in [6.45, 7) is 8.35. The third-order valence-electron chi connectivity index (χ3n) is 4.38. The summed E-state index contributed by atoms with van der Waals surface area (Å²) < 4.78 is 5.37. The number of carbonyl (C=O) groups is 1. The van der Waals surface area contributed by atoms with Gasteiger partial charge < -0.3 is 9.64 Å². The molecule has 5 nitrogen and oxygen atoms in total. The molecule has 1 amide bonds. The highest BCUT2D eigenvalue weighted by Gasteiger charge is 2.19. The van der Waals surface area contributed by atoms with Crippen LogP contribution in [0.1, 0.15) is 31.0 Å². The molecule has 22 heavy (non-hydrogen) atoms. The Morgan fingerprint density at radius 1 is 1.45 bits per heavy atom. The highest BCUT2D eigenvalue weighted by atomic mass is 16.5. The predicted octanol–water partition coefficient (Wildman–Crippen LogP) is 1.85. The van der Waals surface area contributed by atoms with Crippen molar-refractivity contribution in [3.05, 3.63) is 29.6 Å². The number of rotatable bonds is 6. The van der Waals surface area contributed by atoms with Crippen LogP contribution < -0.4 is 0 Å². The van der Waals surface area contributed by atoms with Crippen molar-refractivity contribution in [2.75, 3.05) is 33.4 Å². The molecule has 1 saturated heterocycles. The second-order valence-corrected chi connectivity index (χ2v) is 6.05. The van der Waals surface area contributed by atoms with E-state index < -0.39 is 0 Å². The molecule has 0 saturated carbocycles. The summed E-state index contributed by atoms with van der Waals surface area (Å²) in [5.41, 5.74) is 2.10. The molecule has 5 heteroatoms. The van der Waals surface area contributed by atoms with Crippen molar-refractivity contribution in [1.82, 2.24) is 14.8 Å². The summed E-state index contributed by atoms with van der Waals surface area (Å²) in [5.74, 6) is 0.185. The monoisotopic (exact) mass is 305 g/mol. The van der Waals surface area contributed by atoms with Crippen LogP contribution in [-0.4, -0.2) is 60.1 Å². The zero-order chi connectivity index (χ0) is 15.9. The third kappa shape index (κ3) is 4.78. The molecule has 0 aromatic carbocycles. The van der Waals surface area contributed by atoms with Crippen LogP contribution in [0.4, 0.5) is 0 Å². The van der Waals surface area contributed by atoms with E-state index in [2.05, 4.69) is 16.8 Å². The number of hydrogen-bond donors (Lipinski definition) is 0. The number of aromatic nitrogens is 1. The molecule has 1 aromatic rings. The fourth-order valence-corrected chi connectivity index (χ4v) is 2.72. The van der Waals surface area contributed by atoms with Gasteiger partial charge in [0.25, 0.3) is 0 Å². The SMILES string of the molecule is Cc1cccnc1CN(C)C(=O)CC[C@H](C)N1CCOCC1. The number of hydrogen-bond acceptors (Lipinski definition) is 4. The highest BCUT2D eigenvalue weighted by molar-refractivity contribution is 5.75. The highest BCUT2D eigenvalue weighted by Crippen LogP contribution is 2.12. The van der Waals surface area contributed by atoms with Crippen LogP contribution in [0.2, 0.25) is 0 Å². The summed E-state index contributed by atoms with van der Waals surface area (Å²) in [5, 5.41) is 0. The number of pyridine rings is 1. The second kappa shape index (κ2) is 8.25. The molecule has 1 aliphatic rings. The smallest absolute Gasteiger partial charge is 0.222 e. The first-order valence-electron chi connectivity index (χ1n) is 8.04. The predicted molar refractivity (Wildman–Crippen MR) is 86.5 cm³/mol. The van der Waals surface area contributed by atoms with E-state index in [4.69, 9.17) is 4.74 Å². The van der Waals surface area contributed by atoms with E-state index in [0.29, 0.717) is 19.0 Å². The average molecular weight is 305 g/mol. The minimum Gasteiger partial charge on any atom is -0.379 e. The first kappa shape index (κ1) is 16.9. The van der Waals surface area contributed by atoms with Gasteiger partial charge in [0.05, 0.1) is 25.5 Å². The van der Waals surface area contributed by atoms with Crippen molar-refractivity contribution < 1.29 is 9.53 Å². The van der Waals surface area contributed by atoms with Crippen LogP contribution in [0.5, 0.6) is 0 Å². The van der Waals surface area contributed by atoms with Gasteiger partial charge in [-0.25, -0.2) is 0 Å². The van der Waals surface area contributed by atoms with Crippen LogP contribution >= 0.6 is 0 Å². The zero-order valence-electron chi connectivity index (χ0n) is 13.9. The van der Waals surface area contributed by atoms with E-state index in [9.17, 15) is 4.79 Å². The van der Waals surface area contributed by atoms with Gasteiger partial charge in [-0.2, -0.15) is 0 Å². The van der Waals surface area contributed by atoms with Gasteiger partial charge in [0.15, 0.2) is 0 Å². The zero-order valence-corrected chi connectivity index (χ0v) is 13.9. The van der Waals surface area contributed by atoms with Crippen LogP contribution in [-0.2, 0) is 16.1 Å². The molecular weight excluding hydrogens is 278 g/mol. The number of amides is 1. The molecule has 0 radical (unpaired) electrons. The van der Waals surface area contributed by atoms with Gasteiger partial charge in [-0.3, -0.25) is 14.7 Å². The molecule has 2 heterocycles. The summed E-state index contributed by atoms with van der Waals surface area (Å²) in [4.78, 5) is 20.8. The van der Waals surface area contributed by atoms with Crippen LogP contribution in [0.25, 0.3) is 0 Å². The molecule has 2 rings (SSSR count). The van der Waals surface area contributed by atoms with E-state index in [1.807, 2.05) is 26.1 Å². The number of aryl methyl sites for hydroxylation is 1. The van der Waals surface area contributed by atoms with Crippen LogP contribution in [0, 0.1) is 6.92 Å². The molecular formula is C17H27N3O2. The lowest BCUT2D eigenvalue weighted by atomic mass is 10.1. The van der Waals surface area contributed by atoms with Gasteiger partial charge in [-0.05, 0) is 31.9 Å². The molecule has 122 valence electrons. The normalized spacial score (nSPS) is 17.2. The fourth-order valence-electron chi connectivity index (χ4n) is 2.72. The molecule has 1 aliphatic heterocycles. The van der Waals surface area contributed by atoms with E-state index in [0.717, 1.165) is 44.0 Å². The first-order chi connectivity index (χ1) is 10.6. The first-order valence-corrected chi connectivity index (χ1v) is 8.04. The van der Waals surface area contributed by atoms with Gasteiger partial charge in [-0.15, -0.1) is 0 Å². The van der Waals surface area contributed by atoms with Crippen LogP contribution in [0.3, 0.4) is 0 Å². The van der Waals surface area contributed by atoms with Gasteiger partial charge in [-0.1, -0.05) is 6.07 Å². The number of carbonyl (C=O) groups excluding carboxylic acids is 1. The Morgan fingerprint density at radius 3 is 2.86 bits per heavy atom. The Morgan fingerprint density at radius 2 is 2.18 bits per heavy atom. The van der Waals surface area contributed by atoms with Crippen molar-refractivity contribution in [2.45, 2.75) is 39.3 Å². The molecule has 1 atom stereocenters. The molecule has 1 fully saturated rings. The van der Waals surface area contributed by atoms with E-state index in [-0.39, 0.29) is 5.91 Å². The summed E-state index contributed by atoms with van der Waals surface area (Å²) >= 11 is 0. The lowest BCUT2D eigenvalue weighted by Gasteiger charge is -2.32. The van der Waals surface area contributed by atoms with Crippen molar-refractivity contribution in [3.8, 4) is 0 Å². The topological polar surface area (TPSA) is 45.7 Å². The lowest BCUT2D eigenvalue weighted by molar-refractivity contribution is -0.130. The standard InChI is InChI=1S/C17H27N3O2/c1-14-5-4-8-18-16(14)13-19(3)17(21)7-6-15(2)20-9-11-22-12-10-20/h4-5,8,15H,6-7,9-13H2,1-3H3/t15-/m0/s1. The number of ether oxygens (including phenoxy) is 1. The Hall–Kier alpha value is -1.46. The number of morpholine rings is 1. The molecule has 0 N–H and O–H groups in total. The van der Waals surface area contributed by atoms with Gasteiger partial charge in [0.2, 0.25) is 5.91 Å². The van der Waals surface area contributed by atoms with Gasteiger partial charge in [0.1, 0.15) is 0 Å². The molecule has 1 aromatic heterocycles. The second-order valence-electron chi connectivity index (χ2n) is 6.05. The summed E-state index contributed by atoms with van der Waals surface area (Å²) in [7, 11) is 1.86. The lowest BCUT2D eigenvalue weighted by Crippen LogP contribution is -2.42. The minimum absolute atomic E-state index is 0.185. The van der Waals surface area contributed by atoms with E-state index in [1.165, 1.54) is 0 Å². The third-order valence-corrected chi connectivity index (χ3v) is 4.38. The van der Waals surface area contributed by atoms with Gasteiger partial charge >= 0.3 is 0 Å². The van der Waals surface area contributed by atoms with Gasteiger partial charge in [0, 0.05) is 38.8 Å². The maximum absolute atomic E-state index is 12.3. The maximum atomic E-state index is 12.3. The Balaban J connectivity index is 1.77. The molecule has 0 spiro atoms. The van der Waals surface area contributed by atoms with Crippen molar-refractivity contribution >= 4 is 5.91 Å². The number of nitrogens with zero attached hydrogens (tertiary/aromatic N) is 3. The Bertz CT molecular complexity index is 487. The van der Waals surface area contributed by atoms with E-state index in [1.54, 1.807) is 11.1 Å². The summed E-state index contributed by atoms with van der Waals surface area (Å²) in [6, 6.07) is 4.38. The van der Waals surface area contributed by atoms with Crippen LogP contribution in [0.15, 0.2) is 18.3 Å². The Labute approximate surface area is 133 Å². The summed E-state index contributed by atoms with van der Waals surface area (Å²) in [6.07, 6.45) is 3.26. The minimum atomic E-state index is 0.185. The molecule has 0 unspecified atom stereocenters. The largest absolute Gasteiger partial charge is 0.379 e. The average Bonchev–Trinajstić information content (AvgIpc) is 2.55. The molecule has 0 aliphatic carbocycles. The van der Waals surface area contributed by atoms with E-state index >= 15 is 0 Å². The fraction of sp³-hybridized carbons (Fsp3) is 0.647. The quantitative estimate of drug-likeness (QED) is 0.804. The maximum Gasteiger partial charge on any atom is 0.222 e. The van der Waals surface area contributed by atoms with Crippen molar-refractivity contribution in [1.29, 1.82) is 0 Å². The Kier molecular flexibility index (Phi) is 6.34.